The summed E-state index contributed by atoms with van der Waals surface area (Å²) in [4.78, 5) is 0. The summed E-state index contributed by atoms with van der Waals surface area (Å²) in [5.41, 5.74) is 1.96. The van der Waals surface area contributed by atoms with Crippen LogP contribution in [0.3, 0.4) is 0 Å². The van der Waals surface area contributed by atoms with Crippen LogP contribution in [0.15, 0.2) is 30.5 Å². The Morgan fingerprint density at radius 2 is 2.05 bits per heavy atom. The van der Waals surface area contributed by atoms with Gasteiger partial charge in [0.25, 0.3) is 0 Å². The molecule has 0 aliphatic heterocycles. The summed E-state index contributed by atoms with van der Waals surface area (Å²) >= 11 is 0. The van der Waals surface area contributed by atoms with E-state index in [1.807, 2.05) is 13.8 Å². The number of rotatable bonds is 7. The highest BCUT2D eigenvalue weighted by molar-refractivity contribution is 5.80. The third-order valence-electron chi connectivity index (χ3n) is 3.56. The first-order chi connectivity index (χ1) is 9.49. The highest BCUT2D eigenvalue weighted by Gasteiger charge is 2.12. The van der Waals surface area contributed by atoms with Gasteiger partial charge in [-0.15, -0.1) is 0 Å². The van der Waals surface area contributed by atoms with Crippen molar-refractivity contribution in [3.05, 3.63) is 36.0 Å². The molecule has 0 spiro atoms. The molecule has 0 amide bonds. The van der Waals surface area contributed by atoms with Crippen molar-refractivity contribution >= 4 is 10.9 Å². The average molecular weight is 274 g/mol. The Morgan fingerprint density at radius 3 is 2.75 bits per heavy atom. The van der Waals surface area contributed by atoms with Gasteiger partial charge in [-0.2, -0.15) is 0 Å². The Morgan fingerprint density at radius 1 is 1.25 bits per heavy atom. The van der Waals surface area contributed by atoms with E-state index >= 15 is 0 Å². The first-order valence-corrected chi connectivity index (χ1v) is 7.50. The number of aliphatic hydroxyl groups is 1. The van der Waals surface area contributed by atoms with E-state index in [0.29, 0.717) is 0 Å². The average Bonchev–Trinajstić information content (AvgIpc) is 2.78. The van der Waals surface area contributed by atoms with Crippen LogP contribution >= 0.6 is 0 Å². The number of nitrogens with one attached hydrogen (secondary N) is 1. The van der Waals surface area contributed by atoms with E-state index in [0.717, 1.165) is 32.5 Å². The van der Waals surface area contributed by atoms with Crippen LogP contribution in [0, 0.1) is 0 Å². The summed E-state index contributed by atoms with van der Waals surface area (Å²) in [5, 5.41) is 14.5. The summed E-state index contributed by atoms with van der Waals surface area (Å²) in [6.07, 6.45) is 4.03. The van der Waals surface area contributed by atoms with Crippen molar-refractivity contribution in [2.75, 3.05) is 6.54 Å². The van der Waals surface area contributed by atoms with Gasteiger partial charge in [0.2, 0.25) is 0 Å². The van der Waals surface area contributed by atoms with Crippen LogP contribution in [0.25, 0.3) is 10.9 Å². The third kappa shape index (κ3) is 4.09. The lowest BCUT2D eigenvalue weighted by Crippen LogP contribution is -2.20. The molecule has 0 fully saturated rings. The molecule has 1 aromatic carbocycles. The highest BCUT2D eigenvalue weighted by Crippen LogP contribution is 2.19. The van der Waals surface area contributed by atoms with E-state index in [1.54, 1.807) is 0 Å². The first kappa shape index (κ1) is 15.1. The molecule has 1 aromatic heterocycles. The van der Waals surface area contributed by atoms with Crippen LogP contribution < -0.4 is 5.32 Å². The minimum absolute atomic E-state index is 0.611. The fourth-order valence-electron chi connectivity index (χ4n) is 2.36. The normalized spacial score (nSPS) is 12.2. The molecule has 110 valence electrons. The molecule has 0 radical (unpaired) electrons. The van der Waals surface area contributed by atoms with Crippen LogP contribution in [-0.2, 0) is 13.1 Å². The Balaban J connectivity index is 2.08. The van der Waals surface area contributed by atoms with E-state index in [1.165, 1.54) is 16.5 Å². The zero-order valence-corrected chi connectivity index (χ0v) is 12.8. The monoisotopic (exact) mass is 274 g/mol. The van der Waals surface area contributed by atoms with Crippen LogP contribution in [0.1, 0.15) is 39.2 Å². The van der Waals surface area contributed by atoms with Crippen molar-refractivity contribution in [2.24, 2.45) is 0 Å². The van der Waals surface area contributed by atoms with Crippen molar-refractivity contribution in [1.82, 2.24) is 9.88 Å². The van der Waals surface area contributed by atoms with Crippen molar-refractivity contribution in [2.45, 2.75) is 52.3 Å². The molecule has 0 aliphatic rings. The van der Waals surface area contributed by atoms with Crippen LogP contribution in [0.4, 0.5) is 0 Å². The highest BCUT2D eigenvalue weighted by atomic mass is 16.3. The molecule has 0 saturated heterocycles. The smallest absolute Gasteiger partial charge is 0.0608 e. The van der Waals surface area contributed by atoms with Gasteiger partial charge >= 0.3 is 0 Å². The van der Waals surface area contributed by atoms with E-state index < -0.39 is 5.60 Å². The Labute approximate surface area is 121 Å². The Kier molecular flexibility index (Phi) is 4.84. The second kappa shape index (κ2) is 6.42. The maximum absolute atomic E-state index is 9.83. The van der Waals surface area contributed by atoms with Crippen LogP contribution in [0.5, 0.6) is 0 Å². The van der Waals surface area contributed by atoms with Gasteiger partial charge in [0.05, 0.1) is 5.60 Å². The molecule has 2 rings (SSSR count). The van der Waals surface area contributed by atoms with E-state index in [2.05, 4.69) is 47.3 Å². The molecular formula is C17H26N2O. The second-order valence-corrected chi connectivity index (χ2v) is 6.14. The third-order valence-corrected chi connectivity index (χ3v) is 3.56. The fraction of sp³-hybridized carbons (Fsp3) is 0.529. The quantitative estimate of drug-likeness (QED) is 0.760. The van der Waals surface area contributed by atoms with E-state index in [-0.39, 0.29) is 0 Å². The number of nitrogens with zero attached hydrogens (tertiary/aromatic N) is 1. The first-order valence-electron chi connectivity index (χ1n) is 7.50. The predicted octanol–water partition coefficient (Wildman–Crippen LogP) is 3.30. The lowest BCUT2D eigenvalue weighted by atomic mass is 10.1. The van der Waals surface area contributed by atoms with Gasteiger partial charge in [-0.1, -0.05) is 13.0 Å². The van der Waals surface area contributed by atoms with E-state index in [9.17, 15) is 5.11 Å². The molecule has 0 bridgehead atoms. The molecule has 0 aliphatic carbocycles. The maximum atomic E-state index is 9.83. The summed E-state index contributed by atoms with van der Waals surface area (Å²) < 4.78 is 2.22. The maximum Gasteiger partial charge on any atom is 0.0608 e. The van der Waals surface area contributed by atoms with Gasteiger partial charge in [-0.25, -0.2) is 0 Å². The molecule has 0 saturated carbocycles. The molecule has 2 N–H and O–H groups in total. The summed E-state index contributed by atoms with van der Waals surface area (Å²) in [7, 11) is 0. The molecule has 20 heavy (non-hydrogen) atoms. The largest absolute Gasteiger partial charge is 0.390 e. The van der Waals surface area contributed by atoms with Crippen molar-refractivity contribution in [3.8, 4) is 0 Å². The molecule has 0 unspecified atom stereocenters. The minimum Gasteiger partial charge on any atom is -0.390 e. The topological polar surface area (TPSA) is 37.2 Å². The molecule has 3 heteroatoms. The molecule has 3 nitrogen and oxygen atoms in total. The van der Waals surface area contributed by atoms with Gasteiger partial charge in [-0.05, 0) is 62.4 Å². The number of aryl methyl sites for hydroxylation is 1. The van der Waals surface area contributed by atoms with Crippen molar-refractivity contribution < 1.29 is 5.11 Å². The lowest BCUT2D eigenvalue weighted by Gasteiger charge is -2.17. The van der Waals surface area contributed by atoms with Gasteiger partial charge in [-0.3, -0.25) is 0 Å². The number of aromatic nitrogens is 1. The number of hydrogen-bond acceptors (Lipinski definition) is 2. The number of fused-ring (bicyclic) bond motifs is 1. The van der Waals surface area contributed by atoms with Crippen molar-refractivity contribution in [3.63, 3.8) is 0 Å². The van der Waals surface area contributed by atoms with Crippen molar-refractivity contribution in [1.29, 1.82) is 0 Å². The van der Waals surface area contributed by atoms with Crippen LogP contribution in [0.2, 0.25) is 0 Å². The van der Waals surface area contributed by atoms with Gasteiger partial charge in [0.1, 0.15) is 0 Å². The van der Waals surface area contributed by atoms with Gasteiger partial charge < -0.3 is 15.0 Å². The van der Waals surface area contributed by atoms with E-state index in [4.69, 9.17) is 0 Å². The second-order valence-electron chi connectivity index (χ2n) is 6.14. The standard InChI is InChI=1S/C17H26N2O/c1-4-9-18-13-14-5-6-16-15(12-14)7-10-19(16)11-8-17(2,3)20/h5-7,10,12,18,20H,4,8-9,11,13H2,1-3H3. The number of hydrogen-bond donors (Lipinski definition) is 2. The van der Waals surface area contributed by atoms with Gasteiger partial charge in [0, 0.05) is 24.8 Å². The SMILES string of the molecule is CCCNCc1ccc2c(ccn2CCC(C)(C)O)c1. The molecule has 2 aromatic rings. The Bertz CT molecular complexity index is 552. The zero-order chi connectivity index (χ0) is 14.6. The summed E-state index contributed by atoms with van der Waals surface area (Å²) in [6, 6.07) is 8.77. The molecule has 1 heterocycles. The summed E-state index contributed by atoms with van der Waals surface area (Å²) in [5.74, 6) is 0. The zero-order valence-electron chi connectivity index (χ0n) is 12.8. The number of benzene rings is 1. The fourth-order valence-corrected chi connectivity index (χ4v) is 2.36. The lowest BCUT2D eigenvalue weighted by molar-refractivity contribution is 0.0666. The summed E-state index contributed by atoms with van der Waals surface area (Å²) in [6.45, 7) is 8.73. The molecular weight excluding hydrogens is 248 g/mol. The minimum atomic E-state index is -0.611. The predicted molar refractivity (Wildman–Crippen MR) is 84.9 cm³/mol. The Hall–Kier alpha value is -1.32. The molecule has 0 atom stereocenters. The van der Waals surface area contributed by atoms with Gasteiger partial charge in [0.15, 0.2) is 0 Å². The van der Waals surface area contributed by atoms with Crippen LogP contribution in [-0.4, -0.2) is 21.8 Å².